The molecule has 1 aliphatic rings. The molecule has 0 atom stereocenters. The summed E-state index contributed by atoms with van der Waals surface area (Å²) in [5.41, 5.74) is 6.31. The summed E-state index contributed by atoms with van der Waals surface area (Å²) in [4.78, 5) is 38.4. The SMILES string of the molecule is CCOc1cc(C=NNC(=O)C(=O)Nc2sc3c(c2C(=O)OC)CCCC3)ccc1OCc1ccccc1C. The number of rotatable bonds is 9. The number of carbonyl (C=O) groups excluding carboxylic acids is 3. The van der Waals surface area contributed by atoms with Crippen LogP contribution in [0.4, 0.5) is 5.00 Å². The highest BCUT2D eigenvalue weighted by atomic mass is 32.1. The molecular weight excluding hydrogens is 518 g/mol. The quantitative estimate of drug-likeness (QED) is 0.172. The zero-order valence-corrected chi connectivity index (χ0v) is 23.0. The van der Waals surface area contributed by atoms with E-state index in [1.807, 2.05) is 38.1 Å². The van der Waals surface area contributed by atoms with E-state index in [0.717, 1.165) is 47.3 Å². The molecule has 10 heteroatoms. The highest BCUT2D eigenvalue weighted by Gasteiger charge is 2.28. The number of benzene rings is 2. The third kappa shape index (κ3) is 6.83. The van der Waals surface area contributed by atoms with Crippen molar-refractivity contribution in [3.05, 3.63) is 75.2 Å². The molecule has 0 saturated carbocycles. The molecule has 0 aliphatic heterocycles. The third-order valence-corrected chi connectivity index (χ3v) is 7.49. The van der Waals surface area contributed by atoms with Gasteiger partial charge in [0, 0.05) is 4.88 Å². The number of carbonyl (C=O) groups is 3. The average molecular weight is 550 g/mol. The zero-order chi connectivity index (χ0) is 27.8. The van der Waals surface area contributed by atoms with Gasteiger partial charge in [-0.05, 0) is 80.0 Å². The molecule has 9 nitrogen and oxygen atoms in total. The van der Waals surface area contributed by atoms with Gasteiger partial charge in [-0.2, -0.15) is 5.10 Å². The Bertz CT molecular complexity index is 1400. The van der Waals surface area contributed by atoms with Crippen molar-refractivity contribution >= 4 is 40.3 Å². The van der Waals surface area contributed by atoms with Crippen LogP contribution in [-0.2, 0) is 33.8 Å². The molecule has 2 aromatic carbocycles. The Hall–Kier alpha value is -4.18. The second-order valence-electron chi connectivity index (χ2n) is 8.91. The van der Waals surface area contributed by atoms with Crippen LogP contribution in [0, 0.1) is 6.92 Å². The van der Waals surface area contributed by atoms with Gasteiger partial charge in [0.2, 0.25) is 0 Å². The Kier molecular flexibility index (Phi) is 9.32. The zero-order valence-electron chi connectivity index (χ0n) is 22.2. The lowest BCUT2D eigenvalue weighted by Gasteiger charge is -2.13. The first-order chi connectivity index (χ1) is 18.9. The van der Waals surface area contributed by atoms with Crippen LogP contribution in [0.5, 0.6) is 11.5 Å². The topological polar surface area (TPSA) is 115 Å². The van der Waals surface area contributed by atoms with Crippen molar-refractivity contribution in [2.24, 2.45) is 5.10 Å². The van der Waals surface area contributed by atoms with Gasteiger partial charge in [-0.15, -0.1) is 11.3 Å². The predicted octanol–water partition coefficient (Wildman–Crippen LogP) is 4.79. The predicted molar refractivity (Wildman–Crippen MR) is 150 cm³/mol. The van der Waals surface area contributed by atoms with E-state index < -0.39 is 17.8 Å². The van der Waals surface area contributed by atoms with Crippen molar-refractivity contribution in [3.8, 4) is 11.5 Å². The number of fused-ring (bicyclic) bond motifs is 1. The van der Waals surface area contributed by atoms with Crippen LogP contribution in [0.3, 0.4) is 0 Å². The molecule has 4 rings (SSSR count). The van der Waals surface area contributed by atoms with E-state index in [1.54, 1.807) is 18.2 Å². The van der Waals surface area contributed by atoms with Crippen LogP contribution in [0.1, 0.15) is 57.3 Å². The number of hydrogen-bond acceptors (Lipinski definition) is 8. The minimum atomic E-state index is -0.961. The third-order valence-electron chi connectivity index (χ3n) is 6.29. The maximum absolute atomic E-state index is 12.5. The fourth-order valence-corrected chi connectivity index (χ4v) is 5.54. The summed E-state index contributed by atoms with van der Waals surface area (Å²) in [5.74, 6) is -1.29. The van der Waals surface area contributed by atoms with E-state index >= 15 is 0 Å². The van der Waals surface area contributed by atoms with Gasteiger partial charge in [-0.25, -0.2) is 10.2 Å². The summed E-state index contributed by atoms with van der Waals surface area (Å²) in [5, 5.41) is 6.78. The minimum absolute atomic E-state index is 0.320. The van der Waals surface area contributed by atoms with E-state index in [4.69, 9.17) is 14.2 Å². The molecule has 1 aromatic heterocycles. The molecule has 3 aromatic rings. The van der Waals surface area contributed by atoms with Crippen LogP contribution >= 0.6 is 11.3 Å². The lowest BCUT2D eigenvalue weighted by Crippen LogP contribution is -2.32. The Balaban J connectivity index is 1.39. The Morgan fingerprint density at radius 2 is 1.82 bits per heavy atom. The van der Waals surface area contributed by atoms with Gasteiger partial charge in [0.05, 0.1) is 25.5 Å². The number of thiophene rings is 1. The lowest BCUT2D eigenvalue weighted by molar-refractivity contribution is -0.136. The van der Waals surface area contributed by atoms with Crippen molar-refractivity contribution in [2.75, 3.05) is 19.0 Å². The number of hydrazone groups is 1. The summed E-state index contributed by atoms with van der Waals surface area (Å²) in [6.07, 6.45) is 4.95. The monoisotopic (exact) mass is 549 g/mol. The van der Waals surface area contributed by atoms with E-state index in [0.29, 0.717) is 40.8 Å². The minimum Gasteiger partial charge on any atom is -0.490 e. The molecule has 1 aliphatic carbocycles. The summed E-state index contributed by atoms with van der Waals surface area (Å²) >= 11 is 1.31. The standard InChI is InChI=1S/C29H31N3O6S/c1-4-37-23-15-19(13-14-22(23)38-17-20-10-6-5-9-18(20)2)16-30-32-27(34)26(33)31-28-25(29(35)36-3)21-11-7-8-12-24(21)39-28/h5-6,9-10,13-16H,4,7-8,11-12,17H2,1-3H3,(H,31,33)(H,32,34). The van der Waals surface area contributed by atoms with Gasteiger partial charge in [0.1, 0.15) is 11.6 Å². The number of aryl methyl sites for hydroxylation is 2. The number of hydrogen-bond donors (Lipinski definition) is 2. The number of ether oxygens (including phenoxy) is 3. The molecule has 1 heterocycles. The maximum atomic E-state index is 12.5. The number of anilines is 1. The summed E-state index contributed by atoms with van der Waals surface area (Å²) < 4.78 is 16.6. The lowest BCUT2D eigenvalue weighted by atomic mass is 9.95. The molecule has 204 valence electrons. The molecular formula is C29H31N3O6S. The highest BCUT2D eigenvalue weighted by Crippen LogP contribution is 2.38. The average Bonchev–Trinajstić information content (AvgIpc) is 3.30. The van der Waals surface area contributed by atoms with E-state index in [2.05, 4.69) is 15.8 Å². The molecule has 0 radical (unpaired) electrons. The highest BCUT2D eigenvalue weighted by molar-refractivity contribution is 7.17. The van der Waals surface area contributed by atoms with E-state index in [9.17, 15) is 14.4 Å². The fourth-order valence-electron chi connectivity index (χ4n) is 4.27. The Morgan fingerprint density at radius 3 is 2.59 bits per heavy atom. The molecule has 0 saturated heterocycles. The summed E-state index contributed by atoms with van der Waals surface area (Å²) in [6, 6.07) is 13.3. The van der Waals surface area contributed by atoms with E-state index in [1.165, 1.54) is 24.7 Å². The van der Waals surface area contributed by atoms with Gasteiger partial charge in [0.25, 0.3) is 0 Å². The first-order valence-electron chi connectivity index (χ1n) is 12.7. The van der Waals surface area contributed by atoms with Crippen LogP contribution in [-0.4, -0.2) is 37.7 Å². The fraction of sp³-hybridized carbons (Fsp3) is 0.310. The Morgan fingerprint density at radius 1 is 1.03 bits per heavy atom. The van der Waals surface area contributed by atoms with Crippen LogP contribution < -0.4 is 20.2 Å². The van der Waals surface area contributed by atoms with Crippen molar-refractivity contribution < 1.29 is 28.6 Å². The Labute approximate surface area is 231 Å². The molecule has 0 spiro atoms. The van der Waals surface area contributed by atoms with Crippen molar-refractivity contribution in [2.45, 2.75) is 46.1 Å². The maximum Gasteiger partial charge on any atom is 0.341 e. The largest absolute Gasteiger partial charge is 0.490 e. The molecule has 0 bridgehead atoms. The number of esters is 1. The van der Waals surface area contributed by atoms with Crippen molar-refractivity contribution in [1.29, 1.82) is 0 Å². The normalized spacial score (nSPS) is 12.5. The first kappa shape index (κ1) is 27.8. The van der Waals surface area contributed by atoms with Gasteiger partial charge < -0.3 is 19.5 Å². The number of nitrogens with zero attached hydrogens (tertiary/aromatic N) is 1. The van der Waals surface area contributed by atoms with Crippen molar-refractivity contribution in [1.82, 2.24) is 5.43 Å². The van der Waals surface area contributed by atoms with Crippen LogP contribution in [0.2, 0.25) is 0 Å². The van der Waals surface area contributed by atoms with Gasteiger partial charge in [-0.3, -0.25) is 9.59 Å². The summed E-state index contributed by atoms with van der Waals surface area (Å²) in [7, 11) is 1.29. The van der Waals surface area contributed by atoms with Crippen molar-refractivity contribution in [3.63, 3.8) is 0 Å². The first-order valence-corrected chi connectivity index (χ1v) is 13.5. The number of nitrogens with one attached hydrogen (secondary N) is 2. The summed E-state index contributed by atoms with van der Waals surface area (Å²) in [6.45, 7) is 4.75. The molecule has 0 unspecified atom stereocenters. The molecule has 2 N–H and O–H groups in total. The van der Waals surface area contributed by atoms with Gasteiger partial charge in [-0.1, -0.05) is 24.3 Å². The van der Waals surface area contributed by atoms with Gasteiger partial charge >= 0.3 is 17.8 Å². The number of methoxy groups -OCH3 is 1. The molecule has 39 heavy (non-hydrogen) atoms. The van der Waals surface area contributed by atoms with Crippen LogP contribution in [0.25, 0.3) is 0 Å². The number of amides is 2. The molecule has 2 amide bonds. The van der Waals surface area contributed by atoms with E-state index in [-0.39, 0.29) is 0 Å². The smallest absolute Gasteiger partial charge is 0.341 e. The second-order valence-corrected chi connectivity index (χ2v) is 10.0. The van der Waals surface area contributed by atoms with Gasteiger partial charge in [0.15, 0.2) is 11.5 Å². The van der Waals surface area contributed by atoms with Crippen LogP contribution in [0.15, 0.2) is 47.6 Å². The second kappa shape index (κ2) is 13.1. The molecule has 0 fully saturated rings.